The van der Waals surface area contributed by atoms with Crippen LogP contribution in [0.1, 0.15) is 45.6 Å². The lowest BCUT2D eigenvalue weighted by atomic mass is 9.84. The Hall–Kier alpha value is -1.31. The van der Waals surface area contributed by atoms with Crippen LogP contribution in [0.3, 0.4) is 0 Å². The smallest absolute Gasteiger partial charge is 0.220 e. The molecule has 1 aromatic carbocycles. The summed E-state index contributed by atoms with van der Waals surface area (Å²) in [5.41, 5.74) is 0.996. The Kier molecular flexibility index (Phi) is 4.53. The minimum atomic E-state index is -0.200. The molecule has 1 amide bonds. The minimum Gasteiger partial charge on any atom is -0.347 e. The van der Waals surface area contributed by atoms with Crippen molar-refractivity contribution in [2.75, 3.05) is 0 Å². The largest absolute Gasteiger partial charge is 0.347 e. The van der Waals surface area contributed by atoms with Crippen LogP contribution in [0.25, 0.3) is 0 Å². The van der Waals surface area contributed by atoms with Gasteiger partial charge >= 0.3 is 0 Å². The Morgan fingerprint density at radius 2 is 1.69 bits per heavy atom. The van der Waals surface area contributed by atoms with E-state index < -0.39 is 0 Å². The third-order valence-electron chi connectivity index (χ3n) is 3.23. The van der Waals surface area contributed by atoms with Crippen molar-refractivity contribution in [2.24, 2.45) is 0 Å². The van der Waals surface area contributed by atoms with E-state index in [1.165, 1.54) is 5.56 Å². The topological polar surface area (TPSA) is 29.1 Å². The van der Waals surface area contributed by atoms with Gasteiger partial charge in [-0.1, -0.05) is 51.1 Å². The van der Waals surface area contributed by atoms with Crippen molar-refractivity contribution in [3.05, 3.63) is 35.9 Å². The summed E-state index contributed by atoms with van der Waals surface area (Å²) in [4.78, 5) is 11.6. The normalized spacial score (nSPS) is 11.2. The summed E-state index contributed by atoms with van der Waals surface area (Å²) in [6.07, 6.45) is 2.37. The highest BCUT2D eigenvalue weighted by Gasteiger charge is 2.29. The third kappa shape index (κ3) is 2.63. The van der Waals surface area contributed by atoms with Crippen LogP contribution >= 0.6 is 0 Å². The van der Waals surface area contributed by atoms with Crippen molar-refractivity contribution >= 4 is 5.91 Å². The molecule has 1 rings (SSSR count). The number of carbonyl (C=O) groups excluding carboxylic acids is 1. The van der Waals surface area contributed by atoms with E-state index in [1.54, 1.807) is 0 Å². The second kappa shape index (κ2) is 5.69. The highest BCUT2D eigenvalue weighted by Crippen LogP contribution is 2.28. The van der Waals surface area contributed by atoms with Crippen molar-refractivity contribution < 1.29 is 4.79 Å². The predicted molar refractivity (Wildman–Crippen MR) is 67.1 cm³/mol. The van der Waals surface area contributed by atoms with Crippen molar-refractivity contribution in [2.45, 2.75) is 45.6 Å². The van der Waals surface area contributed by atoms with E-state index >= 15 is 0 Å². The minimum absolute atomic E-state index is 0.118. The van der Waals surface area contributed by atoms with Gasteiger partial charge in [0.2, 0.25) is 5.91 Å². The van der Waals surface area contributed by atoms with E-state index in [0.29, 0.717) is 6.42 Å². The zero-order valence-electron chi connectivity index (χ0n) is 10.4. The Bertz CT molecular complexity index is 328. The number of amides is 1. The van der Waals surface area contributed by atoms with Gasteiger partial charge in [-0.2, -0.15) is 0 Å². The van der Waals surface area contributed by atoms with Gasteiger partial charge in [-0.25, -0.2) is 0 Å². The maximum atomic E-state index is 11.6. The van der Waals surface area contributed by atoms with Crippen molar-refractivity contribution in [3.63, 3.8) is 0 Å². The molecule has 1 N–H and O–H groups in total. The molecule has 0 aliphatic carbocycles. The Balaban J connectivity index is 3.01. The van der Waals surface area contributed by atoms with E-state index in [0.717, 1.165) is 12.8 Å². The van der Waals surface area contributed by atoms with Crippen molar-refractivity contribution in [3.8, 4) is 0 Å². The number of carbonyl (C=O) groups is 1. The zero-order valence-corrected chi connectivity index (χ0v) is 10.4. The number of rotatable bonds is 5. The van der Waals surface area contributed by atoms with Crippen LogP contribution in [0.15, 0.2) is 30.3 Å². The third-order valence-corrected chi connectivity index (χ3v) is 3.23. The molecule has 88 valence electrons. The zero-order chi connectivity index (χ0) is 12.0. The lowest BCUT2D eigenvalue weighted by Crippen LogP contribution is -2.44. The second-order valence-electron chi connectivity index (χ2n) is 4.06. The molecular formula is C14H21NO. The molecule has 1 aromatic rings. The van der Waals surface area contributed by atoms with E-state index in [9.17, 15) is 4.79 Å². The van der Waals surface area contributed by atoms with Crippen LogP contribution in [0.2, 0.25) is 0 Å². The molecule has 0 aliphatic rings. The SMILES string of the molecule is CCC(=O)NC(CC)(CC)c1ccccc1. The van der Waals surface area contributed by atoms with Crippen LogP contribution in [-0.4, -0.2) is 5.91 Å². The Morgan fingerprint density at radius 1 is 1.12 bits per heavy atom. The molecule has 0 atom stereocenters. The van der Waals surface area contributed by atoms with Crippen LogP contribution in [-0.2, 0) is 10.3 Å². The first-order valence-corrected chi connectivity index (χ1v) is 6.05. The molecule has 2 heteroatoms. The summed E-state index contributed by atoms with van der Waals surface area (Å²) in [5.74, 6) is 0.118. The van der Waals surface area contributed by atoms with Gasteiger partial charge in [0.25, 0.3) is 0 Å². The van der Waals surface area contributed by atoms with Crippen LogP contribution < -0.4 is 5.32 Å². The van der Waals surface area contributed by atoms with Crippen molar-refractivity contribution in [1.29, 1.82) is 0 Å². The van der Waals surface area contributed by atoms with Gasteiger partial charge in [0.05, 0.1) is 5.54 Å². The molecule has 0 saturated carbocycles. The Morgan fingerprint density at radius 3 is 2.12 bits per heavy atom. The fourth-order valence-corrected chi connectivity index (χ4v) is 2.02. The van der Waals surface area contributed by atoms with Gasteiger partial charge in [0.1, 0.15) is 0 Å². The van der Waals surface area contributed by atoms with Gasteiger partial charge in [0.15, 0.2) is 0 Å². The number of nitrogens with one attached hydrogen (secondary N) is 1. The summed E-state index contributed by atoms with van der Waals surface area (Å²) in [6.45, 7) is 6.12. The van der Waals surface area contributed by atoms with Gasteiger partial charge in [-0.05, 0) is 18.4 Å². The summed E-state index contributed by atoms with van der Waals surface area (Å²) in [7, 11) is 0. The maximum Gasteiger partial charge on any atom is 0.220 e. The highest BCUT2D eigenvalue weighted by atomic mass is 16.1. The van der Waals surface area contributed by atoms with E-state index in [-0.39, 0.29) is 11.4 Å². The molecule has 0 heterocycles. The monoisotopic (exact) mass is 219 g/mol. The Labute approximate surface area is 98.1 Å². The predicted octanol–water partition coefficient (Wildman–Crippen LogP) is 3.23. The molecule has 2 nitrogen and oxygen atoms in total. The number of hydrogen-bond acceptors (Lipinski definition) is 1. The molecule has 0 radical (unpaired) electrons. The first kappa shape index (κ1) is 12.8. The molecule has 0 spiro atoms. The van der Waals surface area contributed by atoms with E-state index in [1.807, 2.05) is 25.1 Å². The molecule has 0 fully saturated rings. The van der Waals surface area contributed by atoms with Crippen molar-refractivity contribution in [1.82, 2.24) is 5.32 Å². The lowest BCUT2D eigenvalue weighted by Gasteiger charge is -2.33. The first-order valence-electron chi connectivity index (χ1n) is 6.05. The molecular weight excluding hydrogens is 198 g/mol. The molecule has 0 unspecified atom stereocenters. The fraction of sp³-hybridized carbons (Fsp3) is 0.500. The molecule has 0 aromatic heterocycles. The van der Waals surface area contributed by atoms with Crippen LogP contribution in [0.4, 0.5) is 0 Å². The van der Waals surface area contributed by atoms with Crippen LogP contribution in [0.5, 0.6) is 0 Å². The second-order valence-corrected chi connectivity index (χ2v) is 4.06. The van der Waals surface area contributed by atoms with Gasteiger partial charge in [-0.3, -0.25) is 4.79 Å². The average Bonchev–Trinajstić information content (AvgIpc) is 2.37. The summed E-state index contributed by atoms with van der Waals surface area (Å²) in [6, 6.07) is 10.2. The molecule has 0 saturated heterocycles. The summed E-state index contributed by atoms with van der Waals surface area (Å²) < 4.78 is 0. The summed E-state index contributed by atoms with van der Waals surface area (Å²) >= 11 is 0. The van der Waals surface area contributed by atoms with Gasteiger partial charge in [-0.15, -0.1) is 0 Å². The highest BCUT2D eigenvalue weighted by molar-refractivity contribution is 5.76. The van der Waals surface area contributed by atoms with Gasteiger partial charge < -0.3 is 5.32 Å². The molecule has 16 heavy (non-hydrogen) atoms. The first-order chi connectivity index (χ1) is 7.68. The van der Waals surface area contributed by atoms with Crippen LogP contribution in [0, 0.1) is 0 Å². The van der Waals surface area contributed by atoms with E-state index in [2.05, 4.69) is 31.3 Å². The quantitative estimate of drug-likeness (QED) is 0.809. The molecule has 0 bridgehead atoms. The average molecular weight is 219 g/mol. The summed E-state index contributed by atoms with van der Waals surface area (Å²) in [5, 5.41) is 3.16. The number of benzene rings is 1. The molecule has 0 aliphatic heterocycles. The lowest BCUT2D eigenvalue weighted by molar-refractivity contribution is -0.123. The standard InChI is InChI=1S/C14H21NO/c1-4-13(16)15-14(5-2,6-3)12-10-8-7-9-11-12/h7-11H,4-6H2,1-3H3,(H,15,16). The maximum absolute atomic E-state index is 11.6. The fourth-order valence-electron chi connectivity index (χ4n) is 2.02. The van der Waals surface area contributed by atoms with Gasteiger partial charge in [0, 0.05) is 6.42 Å². The number of hydrogen-bond donors (Lipinski definition) is 1. The van der Waals surface area contributed by atoms with E-state index in [4.69, 9.17) is 0 Å².